The van der Waals surface area contributed by atoms with Gasteiger partial charge in [-0.3, -0.25) is 9.98 Å². The molecule has 0 unspecified atom stereocenters. The van der Waals surface area contributed by atoms with Gasteiger partial charge in [0.05, 0.1) is 22.8 Å². The molecule has 0 fully saturated rings. The normalized spacial score (nSPS) is 12.5. The molecule has 0 aliphatic heterocycles. The van der Waals surface area contributed by atoms with Crippen LogP contribution < -0.4 is 0 Å². The van der Waals surface area contributed by atoms with E-state index in [4.69, 9.17) is 18.8 Å². The van der Waals surface area contributed by atoms with Gasteiger partial charge < -0.3 is 16.3 Å². The third kappa shape index (κ3) is 14.9. The fourth-order valence-electron chi connectivity index (χ4n) is 4.00. The second-order valence-electron chi connectivity index (χ2n) is 11.7. The van der Waals surface area contributed by atoms with Crippen molar-refractivity contribution < 1.29 is 23.4 Å². The average molecular weight is 634 g/mol. The minimum absolute atomic E-state index is 0. The second kappa shape index (κ2) is 18.4. The van der Waals surface area contributed by atoms with E-state index in [0.717, 1.165) is 61.7 Å². The molecule has 2 aromatic rings. The minimum atomic E-state index is -1.55. The van der Waals surface area contributed by atoms with Gasteiger partial charge in [0.1, 0.15) is 0 Å². The standard InChI is InChI=1S/C30H48N2O2Si2.CH3.ClH.Ni/c1-23-15-11-16-24(2)29(23)31-27(19-13-21-33-35(5,6)7)28(20-14-22-34-36(8,9)10)32-30-25(3)17-12-18-26(30)4;;;/h11-12,15-18H,13-14,19-22H2,1-10H3;1H3;1H;/q;-1;;+1/p-1. The number of nitrogens with zero attached hydrogens (tertiary/aromatic N) is 2. The molecule has 0 aromatic heterocycles. The van der Waals surface area contributed by atoms with Gasteiger partial charge in [0.15, 0.2) is 16.6 Å². The zero-order valence-electron chi connectivity index (χ0n) is 26.1. The fourth-order valence-corrected chi connectivity index (χ4v) is 5.51. The van der Waals surface area contributed by atoms with Gasteiger partial charge in [-0.05, 0) is 115 Å². The van der Waals surface area contributed by atoms with Crippen molar-refractivity contribution >= 4 is 49.6 Å². The van der Waals surface area contributed by atoms with Gasteiger partial charge in [0, 0.05) is 13.2 Å². The van der Waals surface area contributed by atoms with Crippen molar-refractivity contribution in [3.8, 4) is 0 Å². The summed E-state index contributed by atoms with van der Waals surface area (Å²) in [6, 6.07) is 12.8. The molecule has 8 heteroatoms. The van der Waals surface area contributed by atoms with Crippen molar-refractivity contribution in [2.45, 2.75) is 92.7 Å². The van der Waals surface area contributed by atoms with Crippen LogP contribution >= 0.6 is 10.2 Å². The molecule has 0 N–H and O–H groups in total. The third-order valence-corrected chi connectivity index (χ3v) is 8.03. The Balaban J connectivity index is 0.00000470. The van der Waals surface area contributed by atoms with Gasteiger partial charge >= 0.3 is 24.8 Å². The molecule has 39 heavy (non-hydrogen) atoms. The first-order chi connectivity index (χ1) is 17.8. The van der Waals surface area contributed by atoms with Crippen LogP contribution in [-0.4, -0.2) is 41.3 Å². The summed E-state index contributed by atoms with van der Waals surface area (Å²) in [5.74, 6) is 0. The molecule has 0 amide bonds. The van der Waals surface area contributed by atoms with Crippen LogP contribution in [0, 0.1) is 35.1 Å². The van der Waals surface area contributed by atoms with E-state index in [-0.39, 0.29) is 7.43 Å². The zero-order chi connectivity index (χ0) is 28.9. The zero-order valence-corrected chi connectivity index (χ0v) is 29.9. The van der Waals surface area contributed by atoms with Crippen LogP contribution in [0.15, 0.2) is 46.4 Å². The van der Waals surface area contributed by atoms with Crippen LogP contribution in [0.5, 0.6) is 0 Å². The summed E-state index contributed by atoms with van der Waals surface area (Å²) in [5.41, 5.74) is 9.04. The molecule has 4 nitrogen and oxygen atoms in total. The summed E-state index contributed by atoms with van der Waals surface area (Å²) >= 11 is 3.35. The number of benzene rings is 2. The van der Waals surface area contributed by atoms with E-state index in [2.05, 4.69) is 128 Å². The van der Waals surface area contributed by atoms with Crippen LogP contribution in [0.3, 0.4) is 0 Å². The van der Waals surface area contributed by atoms with Crippen LogP contribution in [0.2, 0.25) is 39.3 Å². The van der Waals surface area contributed by atoms with Crippen molar-refractivity contribution in [2.75, 3.05) is 13.2 Å². The van der Waals surface area contributed by atoms with Gasteiger partial charge in [0.25, 0.3) is 0 Å². The van der Waals surface area contributed by atoms with Crippen molar-refractivity contribution in [1.82, 2.24) is 0 Å². The fraction of sp³-hybridized carbons (Fsp3) is 0.516. The predicted molar refractivity (Wildman–Crippen MR) is 175 cm³/mol. The molecule has 0 aliphatic rings. The third-order valence-electron chi connectivity index (χ3n) is 5.89. The molecule has 2 aromatic carbocycles. The van der Waals surface area contributed by atoms with E-state index < -0.39 is 16.6 Å². The van der Waals surface area contributed by atoms with Crippen molar-refractivity contribution in [1.29, 1.82) is 0 Å². The summed E-state index contributed by atoms with van der Waals surface area (Å²) in [4.78, 5) is 10.6. The van der Waals surface area contributed by atoms with Gasteiger partial charge in [-0.2, -0.15) is 0 Å². The van der Waals surface area contributed by atoms with Crippen LogP contribution in [-0.2, 0) is 23.4 Å². The van der Waals surface area contributed by atoms with Gasteiger partial charge in [-0.25, -0.2) is 0 Å². The van der Waals surface area contributed by atoms with Gasteiger partial charge in [-0.1, -0.05) is 36.4 Å². The Bertz CT molecular complexity index is 951. The second-order valence-corrected chi connectivity index (χ2v) is 20.8. The Labute approximate surface area is 254 Å². The molecular weight excluding hydrogens is 583 g/mol. The molecule has 0 saturated carbocycles. The maximum atomic E-state index is 6.18. The first kappa shape index (κ1) is 37.9. The van der Waals surface area contributed by atoms with Crippen molar-refractivity contribution in [3.63, 3.8) is 0 Å². The quantitative estimate of drug-likeness (QED) is 0.0953. The molecule has 0 heterocycles. The van der Waals surface area contributed by atoms with Gasteiger partial charge in [0.2, 0.25) is 0 Å². The summed E-state index contributed by atoms with van der Waals surface area (Å²) in [6.45, 7) is 23.5. The summed E-state index contributed by atoms with van der Waals surface area (Å²) < 4.78 is 12.4. The number of halogens is 1. The van der Waals surface area contributed by atoms with E-state index in [9.17, 15) is 0 Å². The Morgan fingerprint density at radius 3 is 1.18 bits per heavy atom. The Morgan fingerprint density at radius 2 is 0.923 bits per heavy atom. The predicted octanol–water partition coefficient (Wildman–Crippen LogP) is 10.2. The number of para-hydroxylation sites is 2. The molecule has 0 radical (unpaired) electrons. The molecule has 2 rings (SSSR count). The Hall–Kier alpha value is -1.08. The number of hydrogen-bond acceptors (Lipinski definition) is 4. The van der Waals surface area contributed by atoms with E-state index in [0.29, 0.717) is 0 Å². The van der Waals surface area contributed by atoms with Crippen molar-refractivity contribution in [2.24, 2.45) is 9.98 Å². The number of aryl methyl sites for hydroxylation is 4. The molecule has 0 saturated heterocycles. The number of hydrogen-bond donors (Lipinski definition) is 0. The topological polar surface area (TPSA) is 43.2 Å². The summed E-state index contributed by atoms with van der Waals surface area (Å²) in [5, 5.41) is 0. The van der Waals surface area contributed by atoms with E-state index in [1.165, 1.54) is 22.3 Å². The monoisotopic (exact) mass is 632 g/mol. The van der Waals surface area contributed by atoms with Crippen LogP contribution in [0.1, 0.15) is 47.9 Å². The van der Waals surface area contributed by atoms with E-state index in [1.54, 1.807) is 0 Å². The van der Waals surface area contributed by atoms with Crippen molar-refractivity contribution in [3.05, 3.63) is 66.1 Å². The number of aliphatic imine (C=N–C) groups is 2. The first-order valence-electron chi connectivity index (χ1n) is 13.4. The molecule has 0 atom stereocenters. The molecule has 0 spiro atoms. The number of rotatable bonds is 13. The first-order valence-corrected chi connectivity index (χ1v) is 21.6. The van der Waals surface area contributed by atoms with Crippen LogP contribution in [0.25, 0.3) is 0 Å². The Kier molecular flexibility index (Phi) is 17.9. The molecule has 0 bridgehead atoms. The van der Waals surface area contributed by atoms with E-state index >= 15 is 0 Å². The average Bonchev–Trinajstić information content (AvgIpc) is 2.82. The van der Waals surface area contributed by atoms with Crippen LogP contribution in [0.4, 0.5) is 11.4 Å². The SMILES string of the molecule is Cc1cccc(C)c1N=C(CCCO[Si](C)(C)C)C(CCCO[Si](C)(C)C)=Nc1c(C)cccc1C.[CH3-].[Cl][Ni]. The molecule has 223 valence electrons. The molecule has 0 aliphatic carbocycles. The summed E-state index contributed by atoms with van der Waals surface area (Å²) in [7, 11) is 1.16. The van der Waals surface area contributed by atoms with E-state index in [1.807, 2.05) is 0 Å². The maximum absolute atomic E-state index is 6.18. The molecular formula is C31H51ClN2NiO2Si2-. The summed E-state index contributed by atoms with van der Waals surface area (Å²) in [6.07, 6.45) is 3.56. The Morgan fingerprint density at radius 1 is 0.641 bits per heavy atom. The van der Waals surface area contributed by atoms with Gasteiger partial charge in [-0.15, -0.1) is 0 Å².